The van der Waals surface area contributed by atoms with Gasteiger partial charge in [-0.25, -0.2) is 4.39 Å². The molecule has 6 unspecified atom stereocenters. The van der Waals surface area contributed by atoms with Gasteiger partial charge in [0, 0.05) is 18.0 Å². The van der Waals surface area contributed by atoms with Crippen molar-refractivity contribution in [3.05, 3.63) is 11.6 Å². The summed E-state index contributed by atoms with van der Waals surface area (Å²) in [5.41, 5.74) is 0. The van der Waals surface area contributed by atoms with E-state index in [-0.39, 0.29) is 29.7 Å². The van der Waals surface area contributed by atoms with Gasteiger partial charge < -0.3 is 10.0 Å². The molecule has 0 radical (unpaired) electrons. The molecule has 1 aliphatic carbocycles. The molecular formula is C16H21FN2O3S. The first-order chi connectivity index (χ1) is 11.0. The number of carbonyl (C=O) groups excluding carboxylic acids is 1. The standard InChI is InChI=1S/C16H21FN2O3S/c1-8-19-11-7-12(18-4-2-3-5-18)10(17)6-9(11)14(20)13(16(21)22)15(19)23-8/h9-13,15H,1-7H2,(H,21,22). The smallest absolute Gasteiger partial charge is 0.317 e. The van der Waals surface area contributed by atoms with Gasteiger partial charge in [-0.3, -0.25) is 14.5 Å². The number of halogens is 1. The maximum atomic E-state index is 14.7. The van der Waals surface area contributed by atoms with Crippen molar-refractivity contribution in [2.75, 3.05) is 13.1 Å². The van der Waals surface area contributed by atoms with Crippen molar-refractivity contribution < 1.29 is 19.1 Å². The number of piperidine rings is 1. The number of aliphatic carboxylic acids is 1. The van der Waals surface area contributed by atoms with Crippen molar-refractivity contribution in [3.63, 3.8) is 0 Å². The Morgan fingerprint density at radius 3 is 2.57 bits per heavy atom. The van der Waals surface area contributed by atoms with Crippen LogP contribution in [0.15, 0.2) is 11.6 Å². The zero-order valence-corrected chi connectivity index (χ0v) is 13.7. The molecule has 4 rings (SSSR count). The SMILES string of the molecule is C=C1SC2C(C(=O)O)C(=O)C3CC(F)C(N4CCCC4)CC3N12. The van der Waals surface area contributed by atoms with Gasteiger partial charge in [0.1, 0.15) is 17.5 Å². The Morgan fingerprint density at radius 2 is 1.96 bits per heavy atom. The first-order valence-corrected chi connectivity index (χ1v) is 9.15. The lowest BCUT2D eigenvalue weighted by atomic mass is 9.71. The molecule has 0 aromatic carbocycles. The number of alkyl halides is 1. The fourth-order valence-electron chi connectivity index (χ4n) is 4.75. The van der Waals surface area contributed by atoms with Crippen molar-refractivity contribution in [2.24, 2.45) is 11.8 Å². The molecule has 6 atom stereocenters. The number of nitrogens with zero attached hydrogens (tertiary/aromatic N) is 2. The number of hydrogen-bond acceptors (Lipinski definition) is 5. The van der Waals surface area contributed by atoms with Crippen molar-refractivity contribution in [3.8, 4) is 0 Å². The summed E-state index contributed by atoms with van der Waals surface area (Å²) in [5.74, 6) is -2.95. The molecule has 0 spiro atoms. The summed E-state index contributed by atoms with van der Waals surface area (Å²) in [4.78, 5) is 28.3. The molecule has 126 valence electrons. The van der Waals surface area contributed by atoms with Crippen LogP contribution in [-0.4, -0.2) is 63.4 Å². The second kappa shape index (κ2) is 5.48. The first-order valence-electron chi connectivity index (χ1n) is 8.27. The second-order valence-corrected chi connectivity index (χ2v) is 8.19. The molecular weight excluding hydrogens is 319 g/mol. The van der Waals surface area contributed by atoms with Crippen LogP contribution >= 0.6 is 11.8 Å². The number of rotatable bonds is 2. The Hall–Kier alpha value is -1.08. The molecule has 3 aliphatic heterocycles. The number of carboxylic acid groups (broad SMARTS) is 1. The fraction of sp³-hybridized carbons (Fsp3) is 0.750. The number of carboxylic acids is 1. The van der Waals surface area contributed by atoms with Crippen molar-refractivity contribution in [2.45, 2.75) is 49.3 Å². The minimum atomic E-state index is -1.10. The van der Waals surface area contributed by atoms with Gasteiger partial charge in [-0.1, -0.05) is 18.3 Å². The van der Waals surface area contributed by atoms with Gasteiger partial charge >= 0.3 is 5.97 Å². The molecule has 3 heterocycles. The first kappa shape index (κ1) is 15.4. The molecule has 4 aliphatic rings. The lowest BCUT2D eigenvalue weighted by molar-refractivity contribution is -0.156. The van der Waals surface area contributed by atoms with Crippen LogP contribution in [0.3, 0.4) is 0 Å². The topological polar surface area (TPSA) is 60.9 Å². The van der Waals surface area contributed by atoms with E-state index in [0.717, 1.165) is 31.0 Å². The number of hydrogen-bond donors (Lipinski definition) is 1. The number of fused-ring (bicyclic) bond motifs is 3. The molecule has 3 saturated heterocycles. The van der Waals surface area contributed by atoms with E-state index in [0.29, 0.717) is 6.42 Å². The molecule has 23 heavy (non-hydrogen) atoms. The van der Waals surface area contributed by atoms with Crippen molar-refractivity contribution >= 4 is 23.5 Å². The number of likely N-dealkylation sites (tertiary alicyclic amines) is 1. The normalized spacial score (nSPS) is 43.8. The second-order valence-electron chi connectivity index (χ2n) is 7.00. The highest BCUT2D eigenvalue weighted by Gasteiger charge is 2.59. The largest absolute Gasteiger partial charge is 0.481 e. The van der Waals surface area contributed by atoms with Crippen LogP contribution in [0.4, 0.5) is 4.39 Å². The fourth-order valence-corrected chi connectivity index (χ4v) is 6.02. The number of Topliss-reactive ketones (excluding diaryl/α,β-unsaturated/α-hetero) is 1. The molecule has 4 fully saturated rings. The number of ketones is 1. The minimum absolute atomic E-state index is 0.0885. The quantitative estimate of drug-likeness (QED) is 0.772. The lowest BCUT2D eigenvalue weighted by Crippen LogP contribution is -2.67. The summed E-state index contributed by atoms with van der Waals surface area (Å²) in [6.07, 6.45) is 1.90. The lowest BCUT2D eigenvalue weighted by Gasteiger charge is -2.58. The van der Waals surface area contributed by atoms with E-state index in [2.05, 4.69) is 11.5 Å². The monoisotopic (exact) mass is 340 g/mol. The molecule has 0 bridgehead atoms. The number of carbonyl (C=O) groups is 2. The molecule has 5 nitrogen and oxygen atoms in total. The van der Waals surface area contributed by atoms with Gasteiger partial charge in [0.15, 0.2) is 5.78 Å². The molecule has 1 saturated carbocycles. The van der Waals surface area contributed by atoms with E-state index in [4.69, 9.17) is 0 Å². The summed E-state index contributed by atoms with van der Waals surface area (Å²) < 4.78 is 14.7. The van der Waals surface area contributed by atoms with Crippen LogP contribution in [0.2, 0.25) is 0 Å². The van der Waals surface area contributed by atoms with E-state index < -0.39 is 24.0 Å². The highest BCUT2D eigenvalue weighted by molar-refractivity contribution is 8.05. The van der Waals surface area contributed by atoms with Crippen LogP contribution < -0.4 is 0 Å². The molecule has 1 N–H and O–H groups in total. The Bertz CT molecular complexity index is 566. The molecule has 0 aromatic heterocycles. The third kappa shape index (κ3) is 2.23. The van der Waals surface area contributed by atoms with Gasteiger partial charge in [0.2, 0.25) is 0 Å². The van der Waals surface area contributed by atoms with Crippen molar-refractivity contribution in [1.82, 2.24) is 9.80 Å². The highest BCUT2D eigenvalue weighted by atomic mass is 32.2. The third-order valence-electron chi connectivity index (χ3n) is 5.85. The maximum absolute atomic E-state index is 14.7. The maximum Gasteiger partial charge on any atom is 0.317 e. The zero-order chi connectivity index (χ0) is 16.3. The summed E-state index contributed by atoms with van der Waals surface area (Å²) in [7, 11) is 0. The van der Waals surface area contributed by atoms with Gasteiger partial charge in [-0.2, -0.15) is 0 Å². The van der Waals surface area contributed by atoms with Gasteiger partial charge in [-0.15, -0.1) is 0 Å². The van der Waals surface area contributed by atoms with Crippen LogP contribution in [0.1, 0.15) is 25.7 Å². The Morgan fingerprint density at radius 1 is 1.26 bits per heavy atom. The average molecular weight is 340 g/mol. The van der Waals surface area contributed by atoms with Gasteiger partial charge in [-0.05, 0) is 38.8 Å². The number of thioether (sulfide) groups is 1. The Labute approximate surface area is 138 Å². The van der Waals surface area contributed by atoms with Crippen LogP contribution in [0.25, 0.3) is 0 Å². The van der Waals surface area contributed by atoms with Gasteiger partial charge in [0.25, 0.3) is 0 Å². The van der Waals surface area contributed by atoms with E-state index in [1.165, 1.54) is 11.8 Å². The van der Waals surface area contributed by atoms with E-state index in [1.54, 1.807) is 0 Å². The summed E-state index contributed by atoms with van der Waals surface area (Å²) in [6, 6.07) is -0.235. The Kier molecular flexibility index (Phi) is 3.68. The Balaban J connectivity index is 1.61. The van der Waals surface area contributed by atoms with E-state index in [1.807, 2.05) is 4.90 Å². The molecule has 0 aromatic rings. The van der Waals surface area contributed by atoms with Crippen LogP contribution in [0, 0.1) is 11.8 Å². The predicted octanol–water partition coefficient (Wildman–Crippen LogP) is 1.70. The van der Waals surface area contributed by atoms with Crippen LogP contribution in [0.5, 0.6) is 0 Å². The molecule has 0 amide bonds. The van der Waals surface area contributed by atoms with Crippen LogP contribution in [-0.2, 0) is 9.59 Å². The van der Waals surface area contributed by atoms with E-state index >= 15 is 0 Å². The van der Waals surface area contributed by atoms with E-state index in [9.17, 15) is 19.1 Å². The third-order valence-corrected chi connectivity index (χ3v) is 7.08. The minimum Gasteiger partial charge on any atom is -0.481 e. The average Bonchev–Trinajstić information content (AvgIpc) is 3.00. The summed E-state index contributed by atoms with van der Waals surface area (Å²) >= 11 is 1.37. The van der Waals surface area contributed by atoms with Gasteiger partial charge in [0.05, 0.1) is 5.03 Å². The zero-order valence-electron chi connectivity index (χ0n) is 12.9. The predicted molar refractivity (Wildman–Crippen MR) is 84.5 cm³/mol. The summed E-state index contributed by atoms with van der Waals surface area (Å²) in [5, 5.41) is 9.87. The highest BCUT2D eigenvalue weighted by Crippen LogP contribution is 2.54. The van der Waals surface area contributed by atoms with Crippen molar-refractivity contribution in [1.29, 1.82) is 0 Å². The summed E-state index contributed by atoms with van der Waals surface area (Å²) in [6.45, 7) is 5.82. The molecule has 7 heteroatoms.